The Morgan fingerprint density at radius 1 is 1.19 bits per heavy atom. The lowest BCUT2D eigenvalue weighted by Crippen LogP contribution is -2.15. The molecule has 0 saturated heterocycles. The molecular weight excluding hydrogens is 421 g/mol. The lowest BCUT2D eigenvalue weighted by Gasteiger charge is -2.07. The fourth-order valence-corrected chi connectivity index (χ4v) is 3.28. The second kappa shape index (κ2) is 8.31. The van der Waals surface area contributed by atoms with Crippen molar-refractivity contribution in [1.29, 1.82) is 0 Å². The van der Waals surface area contributed by atoms with Gasteiger partial charge >= 0.3 is 0 Å². The van der Waals surface area contributed by atoms with Crippen molar-refractivity contribution < 1.29 is 13.6 Å². The van der Waals surface area contributed by atoms with Crippen LogP contribution in [0.15, 0.2) is 46.9 Å². The highest BCUT2D eigenvalue weighted by atomic mass is 35.5. The number of oxazole rings is 1. The number of nitrogens with zero attached hydrogens (tertiary/aromatic N) is 4. The van der Waals surface area contributed by atoms with Crippen LogP contribution in [0.2, 0.25) is 5.02 Å². The molecule has 0 aliphatic carbocycles. The van der Waals surface area contributed by atoms with Crippen LogP contribution in [0.4, 0.5) is 10.1 Å². The van der Waals surface area contributed by atoms with Crippen LogP contribution in [0, 0.1) is 26.6 Å². The number of carbonyl (C=O) groups excluding carboxylic acids is 1. The number of aromatic nitrogens is 4. The summed E-state index contributed by atoms with van der Waals surface area (Å²) in [7, 11) is 0. The fraction of sp³-hybridized carbons (Fsp3) is 0.182. The molecule has 4 aromatic rings. The van der Waals surface area contributed by atoms with E-state index in [4.69, 9.17) is 16.0 Å². The van der Waals surface area contributed by atoms with Crippen LogP contribution < -0.4 is 5.32 Å². The standard InChI is InChI=1S/C22H19ClFN5O2/c1-12-7-8-17(24)10-18(12)25-21(30)20-13(2)29(28-27-20)11-19-14(3)31-22(26-19)15-5-4-6-16(23)9-15/h4-10H,11H2,1-3H3,(H,25,30). The van der Waals surface area contributed by atoms with Gasteiger partial charge in [0.15, 0.2) is 5.69 Å². The first-order valence-electron chi connectivity index (χ1n) is 9.51. The normalized spacial score (nSPS) is 11.0. The third-order valence-electron chi connectivity index (χ3n) is 4.91. The van der Waals surface area contributed by atoms with Crippen LogP contribution in [0.5, 0.6) is 0 Å². The summed E-state index contributed by atoms with van der Waals surface area (Å²) in [6.07, 6.45) is 0. The number of aryl methyl sites for hydroxylation is 2. The summed E-state index contributed by atoms with van der Waals surface area (Å²) in [6.45, 7) is 5.61. The number of rotatable bonds is 5. The first-order valence-corrected chi connectivity index (χ1v) is 9.89. The van der Waals surface area contributed by atoms with E-state index in [1.54, 1.807) is 36.7 Å². The highest BCUT2D eigenvalue weighted by Crippen LogP contribution is 2.25. The molecule has 0 fully saturated rings. The molecule has 2 aromatic heterocycles. The fourth-order valence-electron chi connectivity index (χ4n) is 3.09. The summed E-state index contributed by atoms with van der Waals surface area (Å²) < 4.78 is 20.9. The largest absolute Gasteiger partial charge is 0.441 e. The van der Waals surface area contributed by atoms with E-state index in [1.165, 1.54) is 12.1 Å². The van der Waals surface area contributed by atoms with E-state index in [1.807, 2.05) is 19.1 Å². The number of anilines is 1. The molecule has 158 valence electrons. The Bertz CT molecular complexity index is 1280. The Balaban J connectivity index is 1.55. The van der Waals surface area contributed by atoms with Crippen molar-refractivity contribution in [3.8, 4) is 11.5 Å². The van der Waals surface area contributed by atoms with Gasteiger partial charge in [0.05, 0.1) is 12.2 Å². The molecule has 1 amide bonds. The van der Waals surface area contributed by atoms with E-state index in [0.717, 1.165) is 11.1 Å². The maximum atomic E-state index is 13.5. The number of halogens is 2. The van der Waals surface area contributed by atoms with Gasteiger partial charge in [0, 0.05) is 16.3 Å². The molecule has 0 aliphatic rings. The molecule has 0 radical (unpaired) electrons. The zero-order valence-electron chi connectivity index (χ0n) is 17.1. The van der Waals surface area contributed by atoms with Gasteiger partial charge in [0.25, 0.3) is 5.91 Å². The van der Waals surface area contributed by atoms with Crippen molar-refractivity contribution in [2.24, 2.45) is 0 Å². The predicted molar refractivity (Wildman–Crippen MR) is 115 cm³/mol. The molecule has 0 aliphatic heterocycles. The quantitative estimate of drug-likeness (QED) is 0.475. The van der Waals surface area contributed by atoms with Crippen LogP contribution in [0.1, 0.15) is 33.2 Å². The van der Waals surface area contributed by atoms with Crippen LogP contribution in [0.3, 0.4) is 0 Å². The van der Waals surface area contributed by atoms with E-state index in [0.29, 0.717) is 33.7 Å². The molecule has 2 aromatic carbocycles. The minimum Gasteiger partial charge on any atom is -0.441 e. The number of hydrogen-bond acceptors (Lipinski definition) is 5. The third kappa shape index (κ3) is 4.34. The number of carbonyl (C=O) groups is 1. The SMILES string of the molecule is Cc1ccc(F)cc1NC(=O)c1nnn(Cc2nc(-c3cccc(Cl)c3)oc2C)c1C. The van der Waals surface area contributed by atoms with Crippen LogP contribution >= 0.6 is 11.6 Å². The summed E-state index contributed by atoms with van der Waals surface area (Å²) in [4.78, 5) is 17.2. The van der Waals surface area contributed by atoms with E-state index in [-0.39, 0.29) is 12.2 Å². The van der Waals surface area contributed by atoms with Gasteiger partial charge in [0.1, 0.15) is 17.3 Å². The van der Waals surface area contributed by atoms with Crippen LogP contribution in [-0.4, -0.2) is 25.9 Å². The smallest absolute Gasteiger partial charge is 0.278 e. The van der Waals surface area contributed by atoms with Crippen molar-refractivity contribution >= 4 is 23.2 Å². The molecule has 9 heteroatoms. The summed E-state index contributed by atoms with van der Waals surface area (Å²) in [5.74, 6) is 0.186. The second-order valence-corrected chi connectivity index (χ2v) is 7.56. The molecule has 4 rings (SSSR count). The lowest BCUT2D eigenvalue weighted by molar-refractivity contribution is 0.102. The first kappa shape index (κ1) is 20.7. The van der Waals surface area contributed by atoms with Crippen LogP contribution in [-0.2, 0) is 6.54 Å². The Kier molecular flexibility index (Phi) is 5.56. The second-order valence-electron chi connectivity index (χ2n) is 7.13. The molecule has 1 N–H and O–H groups in total. The van der Waals surface area contributed by atoms with Gasteiger partial charge in [-0.05, 0) is 56.7 Å². The number of nitrogens with one attached hydrogen (secondary N) is 1. The monoisotopic (exact) mass is 439 g/mol. The van der Waals surface area contributed by atoms with Crippen LogP contribution in [0.25, 0.3) is 11.5 Å². The molecule has 0 bridgehead atoms. The lowest BCUT2D eigenvalue weighted by atomic mass is 10.2. The summed E-state index contributed by atoms with van der Waals surface area (Å²) in [5, 5.41) is 11.4. The van der Waals surface area contributed by atoms with Gasteiger partial charge in [-0.3, -0.25) is 4.79 Å². The summed E-state index contributed by atoms with van der Waals surface area (Å²) >= 11 is 6.05. The minimum absolute atomic E-state index is 0.153. The number of benzene rings is 2. The van der Waals surface area contributed by atoms with E-state index in [9.17, 15) is 9.18 Å². The van der Waals surface area contributed by atoms with Gasteiger partial charge in [-0.15, -0.1) is 5.10 Å². The topological polar surface area (TPSA) is 85.8 Å². The molecule has 31 heavy (non-hydrogen) atoms. The Morgan fingerprint density at radius 2 is 2.00 bits per heavy atom. The van der Waals surface area contributed by atoms with E-state index >= 15 is 0 Å². The van der Waals surface area contributed by atoms with Gasteiger partial charge in [0.2, 0.25) is 5.89 Å². The Labute approximate surface area is 182 Å². The zero-order chi connectivity index (χ0) is 22.1. The van der Waals surface area contributed by atoms with Crippen molar-refractivity contribution in [2.45, 2.75) is 27.3 Å². The van der Waals surface area contributed by atoms with Crippen molar-refractivity contribution in [3.05, 3.63) is 81.7 Å². The highest BCUT2D eigenvalue weighted by molar-refractivity contribution is 6.30. The zero-order valence-corrected chi connectivity index (χ0v) is 17.9. The van der Waals surface area contributed by atoms with Gasteiger partial charge in [-0.1, -0.05) is 28.9 Å². The maximum absolute atomic E-state index is 13.5. The van der Waals surface area contributed by atoms with E-state index in [2.05, 4.69) is 20.6 Å². The number of hydrogen-bond donors (Lipinski definition) is 1. The average molecular weight is 440 g/mol. The maximum Gasteiger partial charge on any atom is 0.278 e. The van der Waals surface area contributed by atoms with Crippen molar-refractivity contribution in [1.82, 2.24) is 20.0 Å². The molecule has 0 unspecified atom stereocenters. The molecule has 0 saturated carbocycles. The van der Waals surface area contributed by atoms with Crippen molar-refractivity contribution in [2.75, 3.05) is 5.32 Å². The third-order valence-corrected chi connectivity index (χ3v) is 5.14. The number of amides is 1. The minimum atomic E-state index is -0.464. The molecule has 0 spiro atoms. The molecule has 2 heterocycles. The molecule has 0 atom stereocenters. The van der Waals surface area contributed by atoms with Crippen molar-refractivity contribution in [3.63, 3.8) is 0 Å². The highest BCUT2D eigenvalue weighted by Gasteiger charge is 2.20. The summed E-state index contributed by atoms with van der Waals surface area (Å²) in [5.41, 5.74) is 3.26. The first-order chi connectivity index (χ1) is 14.8. The molecular formula is C22H19ClFN5O2. The van der Waals surface area contributed by atoms with Gasteiger partial charge in [-0.25, -0.2) is 14.1 Å². The predicted octanol–water partition coefficient (Wildman–Crippen LogP) is 4.95. The van der Waals surface area contributed by atoms with Gasteiger partial charge < -0.3 is 9.73 Å². The average Bonchev–Trinajstić information content (AvgIpc) is 3.28. The van der Waals surface area contributed by atoms with E-state index < -0.39 is 11.7 Å². The Hall–Kier alpha value is -3.52. The summed E-state index contributed by atoms with van der Waals surface area (Å²) in [6, 6.07) is 11.4. The Morgan fingerprint density at radius 3 is 2.77 bits per heavy atom. The molecule has 7 nitrogen and oxygen atoms in total. The van der Waals surface area contributed by atoms with Gasteiger partial charge in [-0.2, -0.15) is 0 Å².